The minimum Gasteiger partial charge on any atom is -0.332 e. The van der Waals surface area contributed by atoms with Crippen molar-refractivity contribution in [1.82, 2.24) is 19.7 Å². The van der Waals surface area contributed by atoms with Crippen LogP contribution in [0.25, 0.3) is 10.8 Å². The van der Waals surface area contributed by atoms with Crippen LogP contribution in [0.5, 0.6) is 0 Å². The monoisotopic (exact) mass is 230 g/mol. The molecule has 7 heteroatoms. The third kappa shape index (κ3) is 1.62. The third-order valence-corrected chi connectivity index (χ3v) is 2.54. The maximum Gasteiger partial charge on any atom is 0.272 e. The van der Waals surface area contributed by atoms with E-state index in [1.807, 2.05) is 13.8 Å². The van der Waals surface area contributed by atoms with Crippen molar-refractivity contribution >= 4 is 23.1 Å². The van der Waals surface area contributed by atoms with Crippen LogP contribution in [-0.4, -0.2) is 19.7 Å². The summed E-state index contributed by atoms with van der Waals surface area (Å²) in [5.74, 6) is 0.656. The van der Waals surface area contributed by atoms with E-state index < -0.39 is 0 Å². The molecule has 0 radical (unpaired) electrons. The SMILES string of the molecule is CC(C)c1nnsc1-c1nc(Cl)no1. The summed E-state index contributed by atoms with van der Waals surface area (Å²) in [6, 6.07) is 0. The second kappa shape index (κ2) is 3.62. The van der Waals surface area contributed by atoms with Gasteiger partial charge in [-0.25, -0.2) is 0 Å². The minimum absolute atomic E-state index is 0.100. The smallest absolute Gasteiger partial charge is 0.272 e. The van der Waals surface area contributed by atoms with Gasteiger partial charge in [0.25, 0.3) is 11.2 Å². The first-order chi connectivity index (χ1) is 6.68. The van der Waals surface area contributed by atoms with Gasteiger partial charge in [0.2, 0.25) is 0 Å². The lowest BCUT2D eigenvalue weighted by atomic mass is 10.1. The fourth-order valence-electron chi connectivity index (χ4n) is 1.02. The van der Waals surface area contributed by atoms with E-state index >= 15 is 0 Å². The van der Waals surface area contributed by atoms with Crippen LogP contribution < -0.4 is 0 Å². The number of aromatic nitrogens is 4. The molecule has 2 aromatic heterocycles. The Bertz CT molecular complexity index is 438. The van der Waals surface area contributed by atoms with Gasteiger partial charge in [0.15, 0.2) is 0 Å². The second-order valence-electron chi connectivity index (χ2n) is 3.01. The van der Waals surface area contributed by atoms with Gasteiger partial charge in [-0.1, -0.05) is 18.3 Å². The highest BCUT2D eigenvalue weighted by molar-refractivity contribution is 7.09. The van der Waals surface area contributed by atoms with Gasteiger partial charge < -0.3 is 4.52 Å². The number of hydrogen-bond acceptors (Lipinski definition) is 6. The van der Waals surface area contributed by atoms with Crippen molar-refractivity contribution in [2.75, 3.05) is 0 Å². The number of halogens is 1. The molecule has 2 aromatic rings. The summed E-state index contributed by atoms with van der Waals surface area (Å²) in [6.07, 6.45) is 0. The van der Waals surface area contributed by atoms with Crippen molar-refractivity contribution < 1.29 is 4.52 Å². The summed E-state index contributed by atoms with van der Waals surface area (Å²) < 4.78 is 8.79. The van der Waals surface area contributed by atoms with E-state index in [2.05, 4.69) is 19.7 Å². The summed E-state index contributed by atoms with van der Waals surface area (Å²) in [6.45, 7) is 4.05. The number of rotatable bonds is 2. The van der Waals surface area contributed by atoms with E-state index in [-0.39, 0.29) is 11.2 Å². The summed E-state index contributed by atoms with van der Waals surface area (Å²) >= 11 is 6.79. The van der Waals surface area contributed by atoms with E-state index in [1.165, 1.54) is 11.5 Å². The van der Waals surface area contributed by atoms with Gasteiger partial charge in [0.05, 0.1) is 5.69 Å². The second-order valence-corrected chi connectivity index (χ2v) is 4.10. The Balaban J connectivity index is 2.46. The predicted octanol–water partition coefficient (Wildman–Crippen LogP) is 2.36. The lowest BCUT2D eigenvalue weighted by molar-refractivity contribution is 0.430. The fraction of sp³-hybridized carbons (Fsp3) is 0.429. The highest BCUT2D eigenvalue weighted by atomic mass is 35.5. The van der Waals surface area contributed by atoms with E-state index in [0.29, 0.717) is 5.89 Å². The molecule has 2 rings (SSSR count). The maximum atomic E-state index is 5.56. The molecular formula is C7H7ClN4OS. The molecular weight excluding hydrogens is 224 g/mol. The van der Waals surface area contributed by atoms with Gasteiger partial charge >= 0.3 is 0 Å². The molecule has 74 valence electrons. The topological polar surface area (TPSA) is 64.7 Å². The number of hydrogen-bond donors (Lipinski definition) is 0. The fourth-order valence-corrected chi connectivity index (χ4v) is 1.87. The molecule has 5 nitrogen and oxygen atoms in total. The Morgan fingerprint density at radius 3 is 2.79 bits per heavy atom. The van der Waals surface area contributed by atoms with Crippen LogP contribution in [-0.2, 0) is 0 Å². The molecule has 2 heterocycles. The van der Waals surface area contributed by atoms with Crippen molar-refractivity contribution in [2.45, 2.75) is 19.8 Å². The van der Waals surface area contributed by atoms with Gasteiger partial charge in [0.1, 0.15) is 4.88 Å². The first kappa shape index (κ1) is 9.54. The van der Waals surface area contributed by atoms with Crippen molar-refractivity contribution in [3.63, 3.8) is 0 Å². The molecule has 0 aliphatic carbocycles. The Kier molecular flexibility index (Phi) is 2.47. The molecule has 0 atom stereocenters. The first-order valence-corrected chi connectivity index (χ1v) is 5.15. The lowest BCUT2D eigenvalue weighted by Gasteiger charge is -1.98. The summed E-state index contributed by atoms with van der Waals surface area (Å²) in [5, 5.41) is 7.60. The normalized spacial score (nSPS) is 11.1. The van der Waals surface area contributed by atoms with Crippen molar-refractivity contribution in [3.05, 3.63) is 11.0 Å². The molecule has 0 N–H and O–H groups in total. The highest BCUT2D eigenvalue weighted by Crippen LogP contribution is 2.29. The van der Waals surface area contributed by atoms with Crippen LogP contribution in [0.2, 0.25) is 5.28 Å². The quantitative estimate of drug-likeness (QED) is 0.793. The van der Waals surface area contributed by atoms with Gasteiger partial charge in [-0.2, -0.15) is 4.98 Å². The van der Waals surface area contributed by atoms with Crippen molar-refractivity contribution in [1.29, 1.82) is 0 Å². The highest BCUT2D eigenvalue weighted by Gasteiger charge is 2.18. The maximum absolute atomic E-state index is 5.56. The molecule has 0 aromatic carbocycles. The molecule has 0 saturated carbocycles. The lowest BCUT2D eigenvalue weighted by Crippen LogP contribution is -1.90. The summed E-state index contributed by atoms with van der Waals surface area (Å²) in [7, 11) is 0. The average molecular weight is 231 g/mol. The Morgan fingerprint density at radius 1 is 1.43 bits per heavy atom. The predicted molar refractivity (Wildman–Crippen MR) is 52.3 cm³/mol. The molecule has 0 bridgehead atoms. The van der Waals surface area contributed by atoms with Crippen LogP contribution >= 0.6 is 23.1 Å². The molecule has 14 heavy (non-hydrogen) atoms. The minimum atomic E-state index is 0.100. The van der Waals surface area contributed by atoms with Crippen LogP contribution in [0.15, 0.2) is 4.52 Å². The zero-order valence-corrected chi connectivity index (χ0v) is 9.13. The third-order valence-electron chi connectivity index (χ3n) is 1.66. The van der Waals surface area contributed by atoms with Crippen LogP contribution in [0.3, 0.4) is 0 Å². The van der Waals surface area contributed by atoms with Gasteiger partial charge in [-0.15, -0.1) is 5.10 Å². The largest absolute Gasteiger partial charge is 0.332 e. The van der Waals surface area contributed by atoms with Crippen molar-refractivity contribution in [2.24, 2.45) is 0 Å². The molecule has 0 fully saturated rings. The van der Waals surface area contributed by atoms with Gasteiger partial charge in [-0.3, -0.25) is 0 Å². The first-order valence-electron chi connectivity index (χ1n) is 4.00. The molecule has 0 saturated heterocycles. The molecule has 0 unspecified atom stereocenters. The summed E-state index contributed by atoms with van der Waals surface area (Å²) in [5.41, 5.74) is 0.857. The molecule has 0 spiro atoms. The van der Waals surface area contributed by atoms with E-state index in [9.17, 15) is 0 Å². The molecule has 0 amide bonds. The Labute approximate surface area is 89.3 Å². The zero-order valence-electron chi connectivity index (χ0n) is 7.56. The molecule has 0 aliphatic heterocycles. The van der Waals surface area contributed by atoms with E-state index in [1.54, 1.807) is 0 Å². The van der Waals surface area contributed by atoms with Crippen LogP contribution in [0.4, 0.5) is 0 Å². The summed E-state index contributed by atoms with van der Waals surface area (Å²) in [4.78, 5) is 4.71. The van der Waals surface area contributed by atoms with Gasteiger partial charge in [-0.05, 0) is 34.2 Å². The van der Waals surface area contributed by atoms with E-state index in [4.69, 9.17) is 16.1 Å². The van der Waals surface area contributed by atoms with Gasteiger partial charge in [0, 0.05) is 0 Å². The van der Waals surface area contributed by atoms with E-state index in [0.717, 1.165) is 10.6 Å². The van der Waals surface area contributed by atoms with Crippen molar-refractivity contribution in [3.8, 4) is 10.8 Å². The Hall–Kier alpha value is -1.01. The Morgan fingerprint density at radius 2 is 2.21 bits per heavy atom. The van der Waals surface area contributed by atoms with Crippen LogP contribution in [0, 0.1) is 0 Å². The standard InChI is InChI=1S/C7H7ClN4OS/c1-3(2)4-5(14-12-10-4)6-9-7(8)11-13-6/h3H,1-2H3. The number of nitrogens with zero attached hydrogens (tertiary/aromatic N) is 4. The molecule has 0 aliphatic rings. The average Bonchev–Trinajstić information content (AvgIpc) is 2.70. The zero-order chi connectivity index (χ0) is 10.1. The van der Waals surface area contributed by atoms with Crippen LogP contribution in [0.1, 0.15) is 25.5 Å².